The van der Waals surface area contributed by atoms with Gasteiger partial charge in [0.25, 0.3) is 10.1 Å². The van der Waals surface area contributed by atoms with Gasteiger partial charge in [-0.25, -0.2) is 0 Å². The minimum absolute atomic E-state index is 0.354. The van der Waals surface area contributed by atoms with Gasteiger partial charge in [-0.15, -0.1) is 0 Å². The maximum Gasteiger partial charge on any atom is 0.283 e. The SMILES string of the molecule is COc1cc(NCS(=O)(=O)O)c(OC)cc1N. The Bertz CT molecular complexity index is 500. The summed E-state index contributed by atoms with van der Waals surface area (Å²) in [6.07, 6.45) is 0. The minimum Gasteiger partial charge on any atom is -0.495 e. The number of nitrogens with two attached hydrogens (primary N) is 1. The van der Waals surface area contributed by atoms with Crippen molar-refractivity contribution in [3.63, 3.8) is 0 Å². The Morgan fingerprint density at radius 3 is 2.35 bits per heavy atom. The van der Waals surface area contributed by atoms with Crippen LogP contribution in [0.2, 0.25) is 0 Å². The predicted octanol–water partition coefficient (Wildman–Crippen LogP) is 0.543. The normalized spacial score (nSPS) is 11.0. The summed E-state index contributed by atoms with van der Waals surface area (Å²) in [4.78, 5) is 0. The molecular formula is C9H14N2O5S. The van der Waals surface area contributed by atoms with E-state index in [0.29, 0.717) is 22.9 Å². The number of benzene rings is 1. The van der Waals surface area contributed by atoms with E-state index < -0.39 is 16.0 Å². The number of nitrogen functional groups attached to an aromatic ring is 1. The minimum atomic E-state index is -4.12. The highest BCUT2D eigenvalue weighted by atomic mass is 32.2. The summed E-state index contributed by atoms with van der Waals surface area (Å²) in [5.74, 6) is 0.103. The van der Waals surface area contributed by atoms with Crippen molar-refractivity contribution in [1.82, 2.24) is 0 Å². The highest BCUT2D eigenvalue weighted by Gasteiger charge is 2.11. The van der Waals surface area contributed by atoms with Gasteiger partial charge < -0.3 is 20.5 Å². The monoisotopic (exact) mass is 262 g/mol. The van der Waals surface area contributed by atoms with Crippen molar-refractivity contribution in [3.05, 3.63) is 12.1 Å². The first-order valence-corrected chi connectivity index (χ1v) is 6.19. The van der Waals surface area contributed by atoms with Crippen molar-refractivity contribution in [2.24, 2.45) is 0 Å². The van der Waals surface area contributed by atoms with E-state index in [1.807, 2.05) is 0 Å². The quantitative estimate of drug-likeness (QED) is 0.524. The van der Waals surface area contributed by atoms with Crippen LogP contribution in [0.25, 0.3) is 0 Å². The van der Waals surface area contributed by atoms with Crippen molar-refractivity contribution in [2.45, 2.75) is 0 Å². The molecule has 0 saturated carbocycles. The van der Waals surface area contributed by atoms with E-state index in [0.717, 1.165) is 0 Å². The fraction of sp³-hybridized carbons (Fsp3) is 0.333. The Labute approximate surface area is 99.3 Å². The van der Waals surface area contributed by atoms with Gasteiger partial charge >= 0.3 is 0 Å². The predicted molar refractivity (Wildman–Crippen MR) is 64.0 cm³/mol. The molecule has 0 aliphatic heterocycles. The van der Waals surface area contributed by atoms with Gasteiger partial charge in [0.15, 0.2) is 0 Å². The third-order valence-electron chi connectivity index (χ3n) is 2.00. The molecule has 0 heterocycles. The first-order chi connectivity index (χ1) is 7.87. The Morgan fingerprint density at radius 1 is 1.29 bits per heavy atom. The number of anilines is 2. The van der Waals surface area contributed by atoms with Gasteiger partial charge in [-0.2, -0.15) is 8.42 Å². The van der Waals surface area contributed by atoms with Gasteiger partial charge in [0.2, 0.25) is 0 Å². The van der Waals surface area contributed by atoms with E-state index in [-0.39, 0.29) is 0 Å². The van der Waals surface area contributed by atoms with Gasteiger partial charge in [-0.05, 0) is 0 Å². The molecule has 0 unspecified atom stereocenters. The zero-order chi connectivity index (χ0) is 13.1. The van der Waals surface area contributed by atoms with Crippen LogP contribution in [-0.4, -0.2) is 33.1 Å². The summed E-state index contributed by atoms with van der Waals surface area (Å²) in [5.41, 5.74) is 6.38. The van der Waals surface area contributed by atoms with Crippen molar-refractivity contribution in [3.8, 4) is 11.5 Å². The second-order valence-corrected chi connectivity index (χ2v) is 4.65. The Hall–Kier alpha value is -1.67. The summed E-state index contributed by atoms with van der Waals surface area (Å²) in [6.45, 7) is 0. The molecule has 96 valence electrons. The molecule has 1 aromatic carbocycles. The van der Waals surface area contributed by atoms with E-state index in [1.54, 1.807) is 0 Å². The van der Waals surface area contributed by atoms with E-state index in [2.05, 4.69) is 5.32 Å². The lowest BCUT2D eigenvalue weighted by molar-refractivity contribution is 0.406. The maximum absolute atomic E-state index is 10.6. The fourth-order valence-electron chi connectivity index (χ4n) is 1.23. The third-order valence-corrected chi connectivity index (χ3v) is 2.51. The van der Waals surface area contributed by atoms with Gasteiger partial charge in [-0.3, -0.25) is 4.55 Å². The molecule has 0 fully saturated rings. The molecule has 1 rings (SSSR count). The molecule has 0 amide bonds. The number of rotatable bonds is 5. The molecule has 0 bridgehead atoms. The zero-order valence-corrected chi connectivity index (χ0v) is 10.2. The molecule has 0 spiro atoms. The highest BCUT2D eigenvalue weighted by Crippen LogP contribution is 2.34. The smallest absolute Gasteiger partial charge is 0.283 e. The van der Waals surface area contributed by atoms with Gasteiger partial charge in [-0.1, -0.05) is 0 Å². The Kier molecular flexibility index (Phi) is 4.02. The molecule has 0 atom stereocenters. The second kappa shape index (κ2) is 5.11. The summed E-state index contributed by atoms with van der Waals surface area (Å²) in [5, 5.41) is 2.51. The van der Waals surface area contributed by atoms with Crippen LogP contribution >= 0.6 is 0 Å². The topological polar surface area (TPSA) is 111 Å². The van der Waals surface area contributed by atoms with Crippen LogP contribution in [0.1, 0.15) is 0 Å². The van der Waals surface area contributed by atoms with E-state index >= 15 is 0 Å². The summed E-state index contributed by atoms with van der Waals surface area (Å²) < 4.78 is 39.9. The lowest BCUT2D eigenvalue weighted by atomic mass is 10.2. The number of hydrogen-bond acceptors (Lipinski definition) is 6. The molecule has 0 radical (unpaired) electrons. The van der Waals surface area contributed by atoms with Crippen LogP contribution in [-0.2, 0) is 10.1 Å². The van der Waals surface area contributed by atoms with Gasteiger partial charge in [0.1, 0.15) is 17.4 Å². The van der Waals surface area contributed by atoms with E-state index in [9.17, 15) is 8.42 Å². The fourth-order valence-corrected chi connectivity index (χ4v) is 1.57. The van der Waals surface area contributed by atoms with Crippen LogP contribution in [0.5, 0.6) is 11.5 Å². The summed E-state index contributed by atoms with van der Waals surface area (Å²) in [6, 6.07) is 2.98. The highest BCUT2D eigenvalue weighted by molar-refractivity contribution is 7.85. The average Bonchev–Trinajstić information content (AvgIpc) is 2.25. The molecule has 0 aromatic heterocycles. The molecule has 17 heavy (non-hydrogen) atoms. The lowest BCUT2D eigenvalue weighted by Gasteiger charge is -2.13. The van der Waals surface area contributed by atoms with Crippen LogP contribution in [0.3, 0.4) is 0 Å². The Morgan fingerprint density at radius 2 is 1.88 bits per heavy atom. The van der Waals surface area contributed by atoms with Gasteiger partial charge in [0.05, 0.1) is 25.6 Å². The first kappa shape index (κ1) is 13.4. The van der Waals surface area contributed by atoms with Crippen LogP contribution < -0.4 is 20.5 Å². The number of nitrogens with one attached hydrogen (secondary N) is 1. The average molecular weight is 262 g/mol. The zero-order valence-electron chi connectivity index (χ0n) is 9.43. The molecule has 4 N–H and O–H groups in total. The Balaban J connectivity index is 3.04. The van der Waals surface area contributed by atoms with Crippen molar-refractivity contribution >= 4 is 21.5 Å². The summed E-state index contributed by atoms with van der Waals surface area (Å²) in [7, 11) is -1.26. The van der Waals surface area contributed by atoms with E-state index in [1.165, 1.54) is 26.4 Å². The van der Waals surface area contributed by atoms with Crippen molar-refractivity contribution in [1.29, 1.82) is 0 Å². The molecule has 1 aromatic rings. The van der Waals surface area contributed by atoms with Crippen molar-refractivity contribution < 1.29 is 22.4 Å². The largest absolute Gasteiger partial charge is 0.495 e. The van der Waals surface area contributed by atoms with Crippen LogP contribution in [0.4, 0.5) is 11.4 Å². The van der Waals surface area contributed by atoms with Crippen molar-refractivity contribution in [2.75, 3.05) is 31.1 Å². The number of ether oxygens (including phenoxy) is 2. The summed E-state index contributed by atoms with van der Waals surface area (Å²) >= 11 is 0. The molecule has 0 aliphatic rings. The number of hydrogen-bond donors (Lipinski definition) is 3. The van der Waals surface area contributed by atoms with Crippen LogP contribution in [0.15, 0.2) is 12.1 Å². The lowest BCUT2D eigenvalue weighted by Crippen LogP contribution is -2.13. The van der Waals surface area contributed by atoms with Crippen LogP contribution in [0, 0.1) is 0 Å². The molecular weight excluding hydrogens is 248 g/mol. The molecule has 8 heteroatoms. The molecule has 0 saturated heterocycles. The maximum atomic E-state index is 10.6. The van der Waals surface area contributed by atoms with E-state index in [4.69, 9.17) is 19.8 Å². The van der Waals surface area contributed by atoms with Gasteiger partial charge in [0, 0.05) is 12.1 Å². The number of methoxy groups -OCH3 is 2. The second-order valence-electron chi connectivity index (χ2n) is 3.20. The molecule has 0 aliphatic carbocycles. The standard InChI is InChI=1S/C9H14N2O5S/c1-15-8-4-7(11-5-17(12,13)14)9(16-2)3-6(8)10/h3-4,11H,5,10H2,1-2H3,(H,12,13,14). The third kappa shape index (κ3) is 3.68. The first-order valence-electron chi connectivity index (χ1n) is 4.58. The molecule has 7 nitrogen and oxygen atoms in total.